The third-order valence-corrected chi connectivity index (χ3v) is 7.71. The number of fused-ring (bicyclic) bond motifs is 1. The quantitative estimate of drug-likeness (QED) is 0.266. The minimum atomic E-state index is -1.02. The summed E-state index contributed by atoms with van der Waals surface area (Å²) in [6.07, 6.45) is -1.59. The van der Waals surface area contributed by atoms with Gasteiger partial charge >= 0.3 is 0 Å². The van der Waals surface area contributed by atoms with Gasteiger partial charge in [0.1, 0.15) is 16.9 Å². The zero-order valence-electron chi connectivity index (χ0n) is 19.6. The van der Waals surface area contributed by atoms with E-state index >= 15 is 0 Å². The summed E-state index contributed by atoms with van der Waals surface area (Å²) in [5.74, 6) is 0.610. The first-order chi connectivity index (χ1) is 16.9. The maximum Gasteiger partial charge on any atom is 0.225 e. The summed E-state index contributed by atoms with van der Waals surface area (Å²) in [6.45, 7) is 4.37. The molecule has 0 unspecified atom stereocenters. The molecule has 5 N–H and O–H groups in total. The van der Waals surface area contributed by atoms with Crippen LogP contribution < -0.4 is 10.6 Å². The van der Waals surface area contributed by atoms with E-state index in [2.05, 4.69) is 29.7 Å². The fourth-order valence-electron chi connectivity index (χ4n) is 4.60. The van der Waals surface area contributed by atoms with Crippen molar-refractivity contribution in [2.45, 2.75) is 45.1 Å². The lowest BCUT2D eigenvalue weighted by atomic mass is 10.1. The highest BCUT2D eigenvalue weighted by molar-refractivity contribution is 7.21. The molecule has 0 aliphatic heterocycles. The minimum Gasteiger partial charge on any atom is -0.396 e. The van der Waals surface area contributed by atoms with Crippen LogP contribution in [0.1, 0.15) is 23.2 Å². The van der Waals surface area contributed by atoms with Gasteiger partial charge in [-0.05, 0) is 43.5 Å². The van der Waals surface area contributed by atoms with E-state index in [1.807, 2.05) is 43.3 Å². The van der Waals surface area contributed by atoms with Crippen molar-refractivity contribution in [1.29, 1.82) is 0 Å². The second-order valence-electron chi connectivity index (χ2n) is 9.03. The Kier molecular flexibility index (Phi) is 6.66. The zero-order valence-corrected chi connectivity index (χ0v) is 20.5. The number of hydrogen-bond acceptors (Lipinski definition) is 9. The van der Waals surface area contributed by atoms with Gasteiger partial charge < -0.3 is 26.0 Å². The number of aliphatic hydroxyl groups excluding tert-OH is 3. The van der Waals surface area contributed by atoms with Crippen LogP contribution in [-0.4, -0.2) is 55.1 Å². The number of anilines is 2. The van der Waals surface area contributed by atoms with Gasteiger partial charge in [0, 0.05) is 19.1 Å². The first kappa shape index (κ1) is 23.6. The van der Waals surface area contributed by atoms with Crippen molar-refractivity contribution in [2.24, 2.45) is 5.92 Å². The highest BCUT2D eigenvalue weighted by Gasteiger charge is 2.41. The Labute approximate surface area is 207 Å². The van der Waals surface area contributed by atoms with Crippen LogP contribution >= 0.6 is 11.3 Å². The van der Waals surface area contributed by atoms with Gasteiger partial charge in [-0.2, -0.15) is 4.98 Å². The Morgan fingerprint density at radius 3 is 2.49 bits per heavy atom. The number of hydrogen-bond donors (Lipinski definition) is 5. The second-order valence-corrected chi connectivity index (χ2v) is 10.1. The summed E-state index contributed by atoms with van der Waals surface area (Å²) in [5, 5.41) is 38.0. The van der Waals surface area contributed by atoms with E-state index in [0.29, 0.717) is 24.7 Å². The molecule has 5 rings (SSSR count). The van der Waals surface area contributed by atoms with E-state index in [9.17, 15) is 15.3 Å². The standard InChI is InChI=1S/C26H29N5O3S/c1-14-7-3-4-8-16(14)12-27-26-28-15(2)21(25-30-18-9-5-6-10-20(18)35-25)24(31-26)29-19-11-17(13-32)22(33)23(19)34/h3-10,17,19,22-23,32-34H,11-13H2,1-2H3,(H2,27,28,29,31)/t17-,19-,22-,23+/m1/s1. The molecule has 0 saturated heterocycles. The van der Waals surface area contributed by atoms with Crippen molar-refractivity contribution in [3.8, 4) is 10.6 Å². The minimum absolute atomic E-state index is 0.187. The molecule has 0 bridgehead atoms. The van der Waals surface area contributed by atoms with Crippen molar-refractivity contribution in [3.63, 3.8) is 0 Å². The molecule has 4 atom stereocenters. The van der Waals surface area contributed by atoms with Gasteiger partial charge in [0.05, 0.1) is 33.6 Å². The van der Waals surface area contributed by atoms with Crippen molar-refractivity contribution < 1.29 is 15.3 Å². The SMILES string of the molecule is Cc1ccccc1CNc1nc(C)c(-c2nc3ccccc3s2)c(N[C@@H]2C[C@H](CO)[C@@H](O)[C@H]2O)n1. The third kappa shape index (κ3) is 4.72. The average Bonchev–Trinajstić information content (AvgIpc) is 3.39. The van der Waals surface area contributed by atoms with Crippen LogP contribution in [-0.2, 0) is 6.54 Å². The molecule has 1 fully saturated rings. The molecule has 1 aliphatic rings. The molecule has 4 aromatic rings. The van der Waals surface area contributed by atoms with Crippen LogP contribution in [0.25, 0.3) is 20.8 Å². The van der Waals surface area contributed by atoms with Crippen LogP contribution in [0.4, 0.5) is 11.8 Å². The summed E-state index contributed by atoms with van der Waals surface area (Å²) in [5.41, 5.74) is 4.75. The number of nitrogens with zero attached hydrogens (tertiary/aromatic N) is 3. The molecule has 2 heterocycles. The van der Waals surface area contributed by atoms with E-state index in [1.54, 1.807) is 11.3 Å². The maximum absolute atomic E-state index is 10.6. The van der Waals surface area contributed by atoms with E-state index in [-0.39, 0.29) is 6.61 Å². The lowest BCUT2D eigenvalue weighted by Crippen LogP contribution is -2.35. The number of thiazole rings is 1. The highest BCUT2D eigenvalue weighted by Crippen LogP contribution is 2.38. The number of rotatable bonds is 7. The maximum atomic E-state index is 10.6. The monoisotopic (exact) mass is 491 g/mol. The van der Waals surface area contributed by atoms with Gasteiger partial charge in [0.2, 0.25) is 5.95 Å². The third-order valence-electron chi connectivity index (χ3n) is 6.65. The summed E-state index contributed by atoms with van der Waals surface area (Å²) >= 11 is 1.56. The number of nitrogens with one attached hydrogen (secondary N) is 2. The lowest BCUT2D eigenvalue weighted by Gasteiger charge is -2.21. The van der Waals surface area contributed by atoms with E-state index in [4.69, 9.17) is 15.0 Å². The predicted octanol–water partition coefficient (Wildman–Crippen LogP) is 3.50. The predicted molar refractivity (Wildman–Crippen MR) is 139 cm³/mol. The molecular formula is C26H29N5O3S. The number of para-hydroxylation sites is 1. The fourth-order valence-corrected chi connectivity index (χ4v) is 5.66. The Balaban J connectivity index is 1.52. The summed E-state index contributed by atoms with van der Waals surface area (Å²) < 4.78 is 1.06. The van der Waals surface area contributed by atoms with Crippen molar-refractivity contribution in [3.05, 3.63) is 65.4 Å². The van der Waals surface area contributed by atoms with Crippen LogP contribution in [0.2, 0.25) is 0 Å². The molecule has 182 valence electrons. The van der Waals surface area contributed by atoms with Gasteiger partial charge in [-0.1, -0.05) is 36.4 Å². The molecule has 2 aromatic carbocycles. The van der Waals surface area contributed by atoms with Gasteiger partial charge in [0.15, 0.2) is 0 Å². The van der Waals surface area contributed by atoms with Gasteiger partial charge in [-0.25, -0.2) is 9.97 Å². The Morgan fingerprint density at radius 2 is 1.74 bits per heavy atom. The van der Waals surface area contributed by atoms with Crippen LogP contribution in [0, 0.1) is 19.8 Å². The first-order valence-corrected chi connectivity index (χ1v) is 12.5. The topological polar surface area (TPSA) is 123 Å². The molecule has 1 aliphatic carbocycles. The summed E-state index contributed by atoms with van der Waals surface area (Å²) in [4.78, 5) is 14.3. The highest BCUT2D eigenvalue weighted by atomic mass is 32.1. The average molecular weight is 492 g/mol. The molecule has 0 radical (unpaired) electrons. The van der Waals surface area contributed by atoms with Crippen molar-refractivity contribution in [1.82, 2.24) is 15.0 Å². The van der Waals surface area contributed by atoms with Gasteiger partial charge in [-0.15, -0.1) is 11.3 Å². The smallest absolute Gasteiger partial charge is 0.225 e. The van der Waals surface area contributed by atoms with Crippen LogP contribution in [0.15, 0.2) is 48.5 Å². The van der Waals surface area contributed by atoms with E-state index in [0.717, 1.165) is 32.0 Å². The Hall–Kier alpha value is -3.11. The number of aromatic nitrogens is 3. The van der Waals surface area contributed by atoms with Crippen LogP contribution in [0.3, 0.4) is 0 Å². The normalized spacial score (nSPS) is 22.0. The second kappa shape index (κ2) is 9.87. The molecule has 8 nitrogen and oxygen atoms in total. The van der Waals surface area contributed by atoms with Crippen molar-refractivity contribution >= 4 is 33.3 Å². The zero-order chi connectivity index (χ0) is 24.5. The molecule has 35 heavy (non-hydrogen) atoms. The first-order valence-electron chi connectivity index (χ1n) is 11.7. The fraction of sp³-hybridized carbons (Fsp3) is 0.346. The summed E-state index contributed by atoms with van der Waals surface area (Å²) in [6, 6.07) is 15.6. The van der Waals surface area contributed by atoms with Crippen molar-refractivity contribution in [2.75, 3.05) is 17.2 Å². The van der Waals surface area contributed by atoms with Gasteiger partial charge in [0.25, 0.3) is 0 Å². The Bertz CT molecular complexity index is 1310. The molecular weight excluding hydrogens is 462 g/mol. The van der Waals surface area contributed by atoms with Crippen LogP contribution in [0.5, 0.6) is 0 Å². The molecule has 2 aromatic heterocycles. The number of benzene rings is 2. The summed E-state index contributed by atoms with van der Waals surface area (Å²) in [7, 11) is 0. The van der Waals surface area contributed by atoms with Gasteiger partial charge in [-0.3, -0.25) is 0 Å². The number of aliphatic hydroxyl groups is 3. The van der Waals surface area contributed by atoms with E-state index in [1.165, 1.54) is 5.56 Å². The molecule has 1 saturated carbocycles. The largest absolute Gasteiger partial charge is 0.396 e. The Morgan fingerprint density at radius 1 is 0.971 bits per heavy atom. The lowest BCUT2D eigenvalue weighted by molar-refractivity contribution is 0.00446. The molecule has 0 spiro atoms. The van der Waals surface area contributed by atoms with E-state index < -0.39 is 24.2 Å². The number of aryl methyl sites for hydroxylation is 2. The molecule has 9 heteroatoms. The molecule has 0 amide bonds.